The van der Waals surface area contributed by atoms with Crippen LogP contribution in [0, 0.1) is 0 Å². The number of methoxy groups -OCH3 is 1. The summed E-state index contributed by atoms with van der Waals surface area (Å²) >= 11 is 0. The molecule has 0 aromatic heterocycles. The van der Waals surface area contributed by atoms with E-state index in [0.29, 0.717) is 12.0 Å². The first-order valence-electron chi connectivity index (χ1n) is 6.22. The fraction of sp³-hybridized carbons (Fsp3) is 0.462. The van der Waals surface area contributed by atoms with Crippen molar-refractivity contribution >= 4 is 16.0 Å². The number of nitrogens with one attached hydrogen (secondary N) is 1. The Kier molecular flexibility index (Phi) is 6.12. The molecule has 20 heavy (non-hydrogen) atoms. The van der Waals surface area contributed by atoms with Crippen molar-refractivity contribution in [2.75, 3.05) is 13.7 Å². The molecule has 0 aliphatic carbocycles. The molecule has 0 saturated heterocycles. The molecular formula is C13H19NO5S. The lowest BCUT2D eigenvalue weighted by atomic mass is 10.2. The second-order valence-corrected chi connectivity index (χ2v) is 6.02. The number of aliphatic hydroxyl groups excluding tert-OH is 1. The fourth-order valence-corrected chi connectivity index (χ4v) is 2.87. The van der Waals surface area contributed by atoms with E-state index in [-0.39, 0.29) is 23.9 Å². The summed E-state index contributed by atoms with van der Waals surface area (Å²) in [6.45, 7) is 1.53. The quantitative estimate of drug-likeness (QED) is 0.713. The highest BCUT2D eigenvalue weighted by atomic mass is 32.2. The lowest BCUT2D eigenvalue weighted by Gasteiger charge is -2.14. The molecule has 1 atom stereocenters. The van der Waals surface area contributed by atoms with E-state index < -0.39 is 16.1 Å². The van der Waals surface area contributed by atoms with E-state index in [4.69, 9.17) is 5.11 Å². The molecule has 7 heteroatoms. The van der Waals surface area contributed by atoms with E-state index in [9.17, 15) is 13.2 Å². The molecule has 0 spiro atoms. The first-order chi connectivity index (χ1) is 9.42. The number of ether oxygens (including phenoxy) is 1. The highest BCUT2D eigenvalue weighted by Crippen LogP contribution is 2.12. The zero-order chi connectivity index (χ0) is 15.2. The van der Waals surface area contributed by atoms with Gasteiger partial charge in [0.15, 0.2) is 0 Å². The number of carbonyl (C=O) groups excluding carboxylic acids is 1. The number of aliphatic hydroxyl groups is 1. The van der Waals surface area contributed by atoms with E-state index >= 15 is 0 Å². The van der Waals surface area contributed by atoms with Crippen LogP contribution in [0.15, 0.2) is 29.2 Å². The molecule has 0 saturated carbocycles. The third kappa shape index (κ3) is 4.59. The van der Waals surface area contributed by atoms with Crippen LogP contribution in [0.4, 0.5) is 0 Å². The Morgan fingerprint density at radius 1 is 1.35 bits per heavy atom. The van der Waals surface area contributed by atoms with Gasteiger partial charge in [0.1, 0.15) is 0 Å². The summed E-state index contributed by atoms with van der Waals surface area (Å²) in [7, 11) is -2.36. The summed E-state index contributed by atoms with van der Waals surface area (Å²) in [4.78, 5) is 11.2. The van der Waals surface area contributed by atoms with Gasteiger partial charge in [-0.05, 0) is 24.1 Å². The van der Waals surface area contributed by atoms with Gasteiger partial charge in [-0.15, -0.1) is 0 Å². The third-order valence-electron chi connectivity index (χ3n) is 2.84. The van der Waals surface area contributed by atoms with Crippen molar-refractivity contribution in [2.45, 2.75) is 30.7 Å². The maximum absolute atomic E-state index is 12.0. The molecule has 1 aromatic rings. The maximum Gasteiger partial charge on any atom is 0.309 e. The SMILES string of the molecule is CC[C@H](CO)NS(=O)(=O)c1ccc(CC(=O)OC)cc1. The fourth-order valence-electron chi connectivity index (χ4n) is 1.56. The van der Waals surface area contributed by atoms with Gasteiger partial charge in [-0.1, -0.05) is 19.1 Å². The standard InChI is InChI=1S/C13H19NO5S/c1-3-11(9-15)14-20(17,18)12-6-4-10(5-7-12)8-13(16)19-2/h4-7,11,14-15H,3,8-9H2,1-2H3/t11-/m1/s1. The lowest BCUT2D eigenvalue weighted by molar-refractivity contribution is -0.139. The topological polar surface area (TPSA) is 92.7 Å². The van der Waals surface area contributed by atoms with Gasteiger partial charge in [0.25, 0.3) is 0 Å². The van der Waals surface area contributed by atoms with Gasteiger partial charge >= 0.3 is 5.97 Å². The Balaban J connectivity index is 2.84. The lowest BCUT2D eigenvalue weighted by Crippen LogP contribution is -2.36. The van der Waals surface area contributed by atoms with Crippen LogP contribution in [-0.2, 0) is 26.0 Å². The number of carbonyl (C=O) groups is 1. The minimum atomic E-state index is -3.66. The second kappa shape index (κ2) is 7.37. The average molecular weight is 301 g/mol. The molecule has 0 heterocycles. The van der Waals surface area contributed by atoms with Crippen molar-refractivity contribution in [1.29, 1.82) is 0 Å². The summed E-state index contributed by atoms with van der Waals surface area (Å²) in [6, 6.07) is 5.46. The first-order valence-corrected chi connectivity index (χ1v) is 7.70. The van der Waals surface area contributed by atoms with Gasteiger partial charge in [0.05, 0.1) is 25.0 Å². The molecular weight excluding hydrogens is 282 g/mol. The van der Waals surface area contributed by atoms with Crippen LogP contribution in [0.25, 0.3) is 0 Å². The van der Waals surface area contributed by atoms with Crippen molar-refractivity contribution in [2.24, 2.45) is 0 Å². The summed E-state index contributed by atoms with van der Waals surface area (Å²) in [5.74, 6) is -0.384. The van der Waals surface area contributed by atoms with Crippen molar-refractivity contribution in [1.82, 2.24) is 4.72 Å². The number of benzene rings is 1. The summed E-state index contributed by atoms with van der Waals surface area (Å²) in [6.07, 6.45) is 0.592. The first kappa shape index (κ1) is 16.6. The van der Waals surface area contributed by atoms with E-state index in [1.165, 1.54) is 19.2 Å². The van der Waals surface area contributed by atoms with Crippen molar-refractivity contribution in [3.63, 3.8) is 0 Å². The van der Waals surface area contributed by atoms with Gasteiger partial charge in [-0.3, -0.25) is 4.79 Å². The van der Waals surface area contributed by atoms with Crippen molar-refractivity contribution < 1.29 is 23.1 Å². The van der Waals surface area contributed by atoms with Gasteiger partial charge < -0.3 is 9.84 Å². The van der Waals surface area contributed by atoms with Crippen molar-refractivity contribution in [3.05, 3.63) is 29.8 Å². The second-order valence-electron chi connectivity index (χ2n) is 4.31. The monoisotopic (exact) mass is 301 g/mol. The van der Waals surface area contributed by atoms with Crippen LogP contribution in [0.2, 0.25) is 0 Å². The van der Waals surface area contributed by atoms with Crippen LogP contribution in [0.1, 0.15) is 18.9 Å². The highest BCUT2D eigenvalue weighted by molar-refractivity contribution is 7.89. The van der Waals surface area contributed by atoms with Crippen LogP contribution in [0.3, 0.4) is 0 Å². The number of rotatable bonds is 7. The van der Waals surface area contributed by atoms with Gasteiger partial charge in [0, 0.05) is 6.04 Å². The van der Waals surface area contributed by atoms with Gasteiger partial charge in [-0.25, -0.2) is 13.1 Å². The molecule has 1 aromatic carbocycles. The molecule has 0 unspecified atom stereocenters. The molecule has 0 amide bonds. The molecule has 112 valence electrons. The largest absolute Gasteiger partial charge is 0.469 e. The Morgan fingerprint density at radius 3 is 2.40 bits per heavy atom. The zero-order valence-electron chi connectivity index (χ0n) is 11.5. The van der Waals surface area contributed by atoms with Crippen molar-refractivity contribution in [3.8, 4) is 0 Å². The third-order valence-corrected chi connectivity index (χ3v) is 4.38. The number of hydrogen-bond donors (Lipinski definition) is 2. The molecule has 1 rings (SSSR count). The Labute approximate surface area is 118 Å². The van der Waals surface area contributed by atoms with Crippen LogP contribution >= 0.6 is 0 Å². The van der Waals surface area contributed by atoms with Gasteiger partial charge in [0.2, 0.25) is 10.0 Å². The minimum Gasteiger partial charge on any atom is -0.469 e. The summed E-state index contributed by atoms with van der Waals surface area (Å²) in [5, 5.41) is 9.03. The molecule has 6 nitrogen and oxygen atoms in total. The molecule has 0 radical (unpaired) electrons. The molecule has 0 aliphatic heterocycles. The Bertz CT molecular complexity index is 534. The van der Waals surface area contributed by atoms with E-state index in [2.05, 4.69) is 9.46 Å². The molecule has 0 aliphatic rings. The summed E-state index contributed by atoms with van der Waals surface area (Å²) < 4.78 is 31.0. The summed E-state index contributed by atoms with van der Waals surface area (Å²) in [5.41, 5.74) is 0.671. The number of esters is 1. The molecule has 0 fully saturated rings. The smallest absolute Gasteiger partial charge is 0.309 e. The molecule has 2 N–H and O–H groups in total. The predicted octanol–water partition coefficient (Wildman–Crippen LogP) is 0.451. The minimum absolute atomic E-state index is 0.0954. The predicted molar refractivity (Wildman–Crippen MR) is 73.6 cm³/mol. The van der Waals surface area contributed by atoms with E-state index in [1.807, 2.05) is 0 Å². The highest BCUT2D eigenvalue weighted by Gasteiger charge is 2.18. The zero-order valence-corrected chi connectivity index (χ0v) is 12.3. The number of hydrogen-bond acceptors (Lipinski definition) is 5. The van der Waals surface area contributed by atoms with Crippen LogP contribution in [-0.4, -0.2) is 39.3 Å². The Hall–Kier alpha value is -1.44. The molecule has 0 bridgehead atoms. The van der Waals surface area contributed by atoms with Gasteiger partial charge in [-0.2, -0.15) is 0 Å². The Morgan fingerprint density at radius 2 is 1.95 bits per heavy atom. The normalized spacial score (nSPS) is 12.9. The van der Waals surface area contributed by atoms with E-state index in [1.54, 1.807) is 19.1 Å². The maximum atomic E-state index is 12.0. The number of sulfonamides is 1. The van der Waals surface area contributed by atoms with E-state index in [0.717, 1.165) is 0 Å². The van der Waals surface area contributed by atoms with Crippen LogP contribution in [0.5, 0.6) is 0 Å². The van der Waals surface area contributed by atoms with Crippen LogP contribution < -0.4 is 4.72 Å². The average Bonchev–Trinajstić information content (AvgIpc) is 2.45.